The van der Waals surface area contributed by atoms with Gasteiger partial charge in [0.05, 0.1) is 75.7 Å². The molecule has 3 saturated heterocycles. The highest BCUT2D eigenvalue weighted by molar-refractivity contribution is 5.73. The van der Waals surface area contributed by atoms with Crippen LogP contribution in [-0.4, -0.2) is 89.6 Å². The molecule has 7 rings (SSSR count). The lowest BCUT2D eigenvalue weighted by Gasteiger charge is -2.28. The van der Waals surface area contributed by atoms with E-state index >= 15 is 0 Å². The number of nitrogens with zero attached hydrogens (tertiary/aromatic N) is 3. The number of hydrogen-bond acceptors (Lipinski definition) is 12. The lowest BCUT2D eigenvalue weighted by atomic mass is 9.78. The zero-order valence-electron chi connectivity index (χ0n) is 29.8. The van der Waals surface area contributed by atoms with Gasteiger partial charge in [0, 0.05) is 19.6 Å². The third kappa shape index (κ3) is 7.61. The Hall–Kier alpha value is -3.30. The van der Waals surface area contributed by atoms with E-state index in [0.29, 0.717) is 19.3 Å². The van der Waals surface area contributed by atoms with Crippen molar-refractivity contribution in [3.63, 3.8) is 0 Å². The van der Waals surface area contributed by atoms with Gasteiger partial charge in [-0.15, -0.1) is 0 Å². The van der Waals surface area contributed by atoms with Gasteiger partial charge >= 0.3 is 35.0 Å². The second kappa shape index (κ2) is 15.0. The summed E-state index contributed by atoms with van der Waals surface area (Å²) in [5, 5.41) is 0. The average molecular weight is 718 g/mol. The van der Waals surface area contributed by atoms with E-state index in [1.54, 1.807) is 0 Å². The fourth-order valence-electron chi connectivity index (χ4n) is 9.55. The van der Waals surface area contributed by atoms with Crippen molar-refractivity contribution in [1.29, 1.82) is 0 Å². The molecule has 3 aliphatic heterocycles. The van der Waals surface area contributed by atoms with Crippen molar-refractivity contribution in [3.05, 3.63) is 31.5 Å². The third-order valence-electron chi connectivity index (χ3n) is 12.7. The molecule has 51 heavy (non-hydrogen) atoms. The number of carbonyl (C=O) groups is 3. The summed E-state index contributed by atoms with van der Waals surface area (Å²) in [6.45, 7) is -0.345. The largest absolute Gasteiger partial charge is 0.469 e. The first-order valence-electron chi connectivity index (χ1n) is 18.8. The van der Waals surface area contributed by atoms with Gasteiger partial charge in [0.25, 0.3) is 0 Å². The molecule has 12 unspecified atom stereocenters. The molecule has 4 heterocycles. The van der Waals surface area contributed by atoms with Crippen molar-refractivity contribution >= 4 is 17.9 Å². The topological polar surface area (TPSA) is 182 Å². The van der Waals surface area contributed by atoms with Gasteiger partial charge in [-0.25, -0.2) is 28.1 Å². The van der Waals surface area contributed by atoms with Gasteiger partial charge in [0.15, 0.2) is 0 Å². The highest BCUT2D eigenvalue weighted by atomic mass is 16.6. The van der Waals surface area contributed by atoms with Crippen molar-refractivity contribution in [1.82, 2.24) is 13.7 Å². The second-order valence-electron chi connectivity index (χ2n) is 15.4. The van der Waals surface area contributed by atoms with E-state index in [1.165, 1.54) is 21.3 Å². The lowest BCUT2D eigenvalue weighted by molar-refractivity contribution is -0.149. The number of carbonyl (C=O) groups excluding carboxylic acids is 3. The highest BCUT2D eigenvalue weighted by Gasteiger charge is 2.49. The molecule has 3 aliphatic carbocycles. The zero-order valence-corrected chi connectivity index (χ0v) is 29.8. The summed E-state index contributed by atoms with van der Waals surface area (Å²) in [7, 11) is 3.98. The summed E-state index contributed by atoms with van der Waals surface area (Å²) in [6.07, 6.45) is 8.47. The van der Waals surface area contributed by atoms with Crippen molar-refractivity contribution in [2.24, 2.45) is 35.5 Å². The second-order valence-corrected chi connectivity index (χ2v) is 15.4. The van der Waals surface area contributed by atoms with E-state index < -0.39 is 52.7 Å². The number of ether oxygens (including phenoxy) is 6. The minimum atomic E-state index is -0.800. The van der Waals surface area contributed by atoms with Crippen molar-refractivity contribution < 1.29 is 42.8 Å². The Bertz CT molecular complexity index is 1450. The fourth-order valence-corrected chi connectivity index (χ4v) is 9.55. The number of esters is 3. The summed E-state index contributed by atoms with van der Waals surface area (Å²) in [6, 6.07) is 0. The monoisotopic (exact) mass is 717 g/mol. The van der Waals surface area contributed by atoms with Gasteiger partial charge in [-0.1, -0.05) is 0 Å². The molecule has 0 spiro atoms. The van der Waals surface area contributed by atoms with Crippen LogP contribution in [0.15, 0.2) is 14.4 Å². The molecule has 3 saturated carbocycles. The van der Waals surface area contributed by atoms with Crippen molar-refractivity contribution in [3.8, 4) is 0 Å². The molecular formula is C36H51N3O12. The van der Waals surface area contributed by atoms with E-state index in [1.807, 2.05) is 0 Å². The first-order chi connectivity index (χ1) is 24.6. The van der Waals surface area contributed by atoms with Gasteiger partial charge in [0.2, 0.25) is 0 Å². The van der Waals surface area contributed by atoms with Crippen LogP contribution in [0.3, 0.4) is 0 Å². The Labute approximate surface area is 295 Å². The Morgan fingerprint density at radius 2 is 0.784 bits per heavy atom. The molecule has 6 aliphatic rings. The molecule has 0 aromatic carbocycles. The maximum Gasteiger partial charge on any atom is 0.336 e. The van der Waals surface area contributed by atoms with E-state index in [2.05, 4.69) is 0 Å². The Balaban J connectivity index is 1.17. The van der Waals surface area contributed by atoms with Crippen LogP contribution in [0.2, 0.25) is 0 Å². The molecule has 0 N–H and O–H groups in total. The van der Waals surface area contributed by atoms with E-state index in [0.717, 1.165) is 52.2 Å². The standard InChI is InChI=1S/C36H51N3O12/c1-46-31(40)22(19-4-7-25-28(16-19)49-25)10-13-37-34(43)38(14-11-23(32(41)47-2)20-5-8-26-29(17-20)50-26)36(45)39(35(37)44)15-12-24(33(42)48-3)21-6-9-27-30(18-21)51-27/h19-30H,4-18H2,1-3H3. The van der Waals surface area contributed by atoms with Crippen LogP contribution in [0.1, 0.15) is 77.0 Å². The molecule has 0 amide bonds. The molecule has 0 bridgehead atoms. The van der Waals surface area contributed by atoms with Gasteiger partial charge in [-0.2, -0.15) is 0 Å². The predicted molar refractivity (Wildman–Crippen MR) is 178 cm³/mol. The summed E-state index contributed by atoms with van der Waals surface area (Å²) in [4.78, 5) is 81.2. The normalized spacial score (nSPS) is 33.4. The summed E-state index contributed by atoms with van der Waals surface area (Å²) in [5.41, 5.74) is -2.40. The van der Waals surface area contributed by atoms with Crippen molar-refractivity contribution in [2.45, 2.75) is 133 Å². The number of hydrogen-bond donors (Lipinski definition) is 0. The van der Waals surface area contributed by atoms with Crippen LogP contribution >= 0.6 is 0 Å². The number of rotatable bonds is 15. The third-order valence-corrected chi connectivity index (χ3v) is 12.7. The van der Waals surface area contributed by atoms with E-state index in [-0.39, 0.29) is 93.3 Å². The molecule has 1 aromatic rings. The molecular weight excluding hydrogens is 666 g/mol. The first-order valence-corrected chi connectivity index (χ1v) is 18.8. The van der Waals surface area contributed by atoms with Crippen molar-refractivity contribution in [2.75, 3.05) is 21.3 Å². The molecule has 1 aromatic heterocycles. The van der Waals surface area contributed by atoms with Crippen LogP contribution in [0, 0.1) is 35.5 Å². The van der Waals surface area contributed by atoms with Gasteiger partial charge in [-0.05, 0) is 94.8 Å². The Morgan fingerprint density at radius 1 is 0.510 bits per heavy atom. The quantitative estimate of drug-likeness (QED) is 0.145. The molecule has 12 atom stereocenters. The molecule has 282 valence electrons. The van der Waals surface area contributed by atoms with Gasteiger partial charge in [0.1, 0.15) is 0 Å². The molecule has 6 fully saturated rings. The van der Waals surface area contributed by atoms with Crippen LogP contribution in [0.5, 0.6) is 0 Å². The minimum absolute atomic E-state index is 0.0252. The molecule has 15 nitrogen and oxygen atoms in total. The van der Waals surface area contributed by atoms with Crippen LogP contribution in [0.25, 0.3) is 0 Å². The predicted octanol–water partition coefficient (Wildman–Crippen LogP) is 1.41. The zero-order chi connectivity index (χ0) is 36.0. The van der Waals surface area contributed by atoms with Gasteiger partial charge < -0.3 is 28.4 Å². The maximum atomic E-state index is 14.1. The van der Waals surface area contributed by atoms with Crippen LogP contribution in [0.4, 0.5) is 0 Å². The summed E-state index contributed by atoms with van der Waals surface area (Å²) in [5.74, 6) is -3.00. The first kappa shape index (κ1) is 36.1. The fraction of sp³-hybridized carbons (Fsp3) is 0.833. The van der Waals surface area contributed by atoms with Crippen LogP contribution in [-0.2, 0) is 62.4 Å². The Kier molecular flexibility index (Phi) is 10.6. The highest BCUT2D eigenvalue weighted by Crippen LogP contribution is 2.45. The number of epoxide rings is 3. The van der Waals surface area contributed by atoms with E-state index in [9.17, 15) is 28.8 Å². The number of methoxy groups -OCH3 is 3. The smallest absolute Gasteiger partial charge is 0.336 e. The van der Waals surface area contributed by atoms with Crippen LogP contribution < -0.4 is 17.1 Å². The Morgan fingerprint density at radius 3 is 1.02 bits per heavy atom. The van der Waals surface area contributed by atoms with E-state index in [4.69, 9.17) is 28.4 Å². The molecule has 15 heteroatoms. The number of fused-ring (bicyclic) bond motifs is 3. The summed E-state index contributed by atoms with van der Waals surface area (Å²) < 4.78 is 35.6. The van der Waals surface area contributed by atoms with Gasteiger partial charge in [-0.3, -0.25) is 14.4 Å². The lowest BCUT2D eigenvalue weighted by Crippen LogP contribution is -2.55. The average Bonchev–Trinajstić information content (AvgIpc) is 4.03. The molecule has 0 radical (unpaired) electrons. The SMILES string of the molecule is COC(=O)C(CCn1c(=O)n(CCC(C(=O)OC)C2CCC3OC3C2)c(=O)n(CCC(C(=O)OC)C2CCC3OC3C2)c1=O)C1CCC2OC2C1. The summed E-state index contributed by atoms with van der Waals surface area (Å²) >= 11 is 0. The number of aromatic nitrogens is 3. The maximum absolute atomic E-state index is 14.1. The minimum Gasteiger partial charge on any atom is -0.469 e.